The van der Waals surface area contributed by atoms with Crippen molar-refractivity contribution in [1.82, 2.24) is 25.5 Å². The molecule has 0 unspecified atom stereocenters. The first-order chi connectivity index (χ1) is 12.6. The van der Waals surface area contributed by atoms with E-state index >= 15 is 0 Å². The molecule has 0 atom stereocenters. The summed E-state index contributed by atoms with van der Waals surface area (Å²) >= 11 is 5.92. The van der Waals surface area contributed by atoms with Crippen LogP contribution in [0, 0.1) is 5.41 Å². The fraction of sp³-hybridized carbons (Fsp3) is 0.125. The third-order valence-electron chi connectivity index (χ3n) is 3.51. The van der Waals surface area contributed by atoms with Crippen LogP contribution in [0.25, 0.3) is 11.0 Å². The second-order valence-electron chi connectivity index (χ2n) is 5.27. The van der Waals surface area contributed by atoms with Crippen LogP contribution in [-0.4, -0.2) is 33.5 Å². The van der Waals surface area contributed by atoms with E-state index in [-0.39, 0.29) is 16.9 Å². The molecule has 3 aromatic rings. The van der Waals surface area contributed by atoms with Gasteiger partial charge in [0.2, 0.25) is 5.95 Å². The number of H-pyrrole nitrogens is 1. The number of halogens is 1. The zero-order valence-corrected chi connectivity index (χ0v) is 14.6. The second-order valence-corrected chi connectivity index (χ2v) is 5.63. The lowest BCUT2D eigenvalue weighted by Crippen LogP contribution is -2.12. The molecule has 0 aliphatic carbocycles. The van der Waals surface area contributed by atoms with Gasteiger partial charge >= 0.3 is 0 Å². The van der Waals surface area contributed by atoms with Gasteiger partial charge in [-0.05, 0) is 17.7 Å². The van der Waals surface area contributed by atoms with E-state index in [4.69, 9.17) is 27.5 Å². The molecule has 0 saturated carbocycles. The van der Waals surface area contributed by atoms with Gasteiger partial charge in [-0.1, -0.05) is 23.7 Å². The minimum Gasteiger partial charge on any atom is -0.497 e. The Morgan fingerprint density at radius 1 is 1.42 bits per heavy atom. The molecule has 26 heavy (non-hydrogen) atoms. The van der Waals surface area contributed by atoms with E-state index in [1.807, 2.05) is 24.3 Å². The minimum atomic E-state index is 0.199. The smallest absolute Gasteiger partial charge is 0.231 e. The zero-order valence-electron chi connectivity index (χ0n) is 13.9. The Balaban J connectivity index is 1.70. The molecule has 6 N–H and O–H groups in total. The van der Waals surface area contributed by atoms with Crippen molar-refractivity contribution < 1.29 is 4.74 Å². The topological polar surface area (TPSA) is 138 Å². The van der Waals surface area contributed by atoms with Gasteiger partial charge in [0, 0.05) is 19.0 Å². The molecule has 0 fully saturated rings. The van der Waals surface area contributed by atoms with Gasteiger partial charge < -0.3 is 26.5 Å². The van der Waals surface area contributed by atoms with Crippen LogP contribution in [0.3, 0.4) is 0 Å². The number of aromatic nitrogens is 4. The normalized spacial score (nSPS) is 11.4. The number of nitrogens with two attached hydrogens (primary N) is 1. The van der Waals surface area contributed by atoms with Gasteiger partial charge in [-0.2, -0.15) is 15.1 Å². The number of nitrogens with zero attached hydrogens (tertiary/aromatic N) is 3. The lowest BCUT2D eigenvalue weighted by molar-refractivity contribution is 0.414. The first kappa shape index (κ1) is 17.5. The van der Waals surface area contributed by atoms with Crippen molar-refractivity contribution in [3.63, 3.8) is 0 Å². The second kappa shape index (κ2) is 7.70. The van der Waals surface area contributed by atoms with Crippen LogP contribution in [-0.2, 0) is 6.54 Å². The molecule has 0 bridgehead atoms. The largest absolute Gasteiger partial charge is 0.497 e. The minimum absolute atomic E-state index is 0.199. The number of ether oxygens (including phenoxy) is 1. The van der Waals surface area contributed by atoms with Crippen LogP contribution >= 0.6 is 11.6 Å². The molecule has 3 rings (SSSR count). The lowest BCUT2D eigenvalue weighted by atomic mass is 10.2. The lowest BCUT2D eigenvalue weighted by Gasteiger charge is -2.08. The summed E-state index contributed by atoms with van der Waals surface area (Å²) in [6.07, 6.45) is 2.79. The van der Waals surface area contributed by atoms with E-state index in [0.29, 0.717) is 23.3 Å². The van der Waals surface area contributed by atoms with Crippen LogP contribution in [0.1, 0.15) is 5.56 Å². The van der Waals surface area contributed by atoms with Crippen molar-refractivity contribution in [3.05, 3.63) is 46.9 Å². The molecular weight excluding hydrogens is 356 g/mol. The molecule has 9 nitrogen and oxygen atoms in total. The zero-order chi connectivity index (χ0) is 18.5. The van der Waals surface area contributed by atoms with Crippen LogP contribution in [0.15, 0.2) is 36.2 Å². The average Bonchev–Trinajstić information content (AvgIpc) is 3.02. The number of nitrogen functional groups attached to an aromatic ring is 1. The van der Waals surface area contributed by atoms with Crippen LogP contribution < -0.4 is 21.1 Å². The number of nitrogens with one attached hydrogen (secondary N) is 4. The molecule has 2 aromatic heterocycles. The number of benzene rings is 1. The highest BCUT2D eigenvalue weighted by Gasteiger charge is 2.12. The van der Waals surface area contributed by atoms with Gasteiger partial charge in [-0.25, -0.2) is 0 Å². The summed E-state index contributed by atoms with van der Waals surface area (Å²) in [6, 6.07) is 7.69. The van der Waals surface area contributed by atoms with Crippen LogP contribution in [0.2, 0.25) is 5.15 Å². The Kier molecular flexibility index (Phi) is 5.18. The van der Waals surface area contributed by atoms with Crippen LogP contribution in [0.5, 0.6) is 5.75 Å². The third kappa shape index (κ3) is 3.83. The predicted octanol–water partition coefficient (Wildman–Crippen LogP) is 2.29. The molecule has 0 aliphatic heterocycles. The molecule has 0 radical (unpaired) electrons. The maximum Gasteiger partial charge on any atom is 0.231 e. The number of anilines is 2. The summed E-state index contributed by atoms with van der Waals surface area (Å²) in [5.41, 5.74) is 7.80. The van der Waals surface area contributed by atoms with Gasteiger partial charge in [-0.3, -0.25) is 5.10 Å². The summed E-state index contributed by atoms with van der Waals surface area (Å²) < 4.78 is 5.19. The fourth-order valence-electron chi connectivity index (χ4n) is 2.28. The highest BCUT2D eigenvalue weighted by atomic mass is 35.5. The molecular formula is C16H17ClN8O. The van der Waals surface area contributed by atoms with E-state index in [2.05, 4.69) is 30.8 Å². The molecule has 134 valence electrons. The van der Waals surface area contributed by atoms with E-state index in [0.717, 1.165) is 17.5 Å². The van der Waals surface area contributed by atoms with Crippen molar-refractivity contribution in [3.8, 4) is 5.75 Å². The summed E-state index contributed by atoms with van der Waals surface area (Å²) in [7, 11) is 1.62. The summed E-state index contributed by atoms with van der Waals surface area (Å²) in [5, 5.41) is 20.8. The molecule has 10 heteroatoms. The number of hydrogen-bond donors (Lipinski definition) is 5. The van der Waals surface area contributed by atoms with Crippen molar-refractivity contribution in [2.24, 2.45) is 0 Å². The monoisotopic (exact) mass is 372 g/mol. The van der Waals surface area contributed by atoms with E-state index in [9.17, 15) is 0 Å². The summed E-state index contributed by atoms with van der Waals surface area (Å²) in [5.74, 6) is 1.22. The average molecular weight is 373 g/mol. The highest BCUT2D eigenvalue weighted by molar-refractivity contribution is 6.35. The van der Waals surface area contributed by atoms with Gasteiger partial charge in [0.15, 0.2) is 10.8 Å². The maximum absolute atomic E-state index is 7.53. The molecule has 0 amide bonds. The Labute approximate surface area is 154 Å². The van der Waals surface area contributed by atoms with Crippen molar-refractivity contribution in [2.75, 3.05) is 18.2 Å². The summed E-state index contributed by atoms with van der Waals surface area (Å²) in [6.45, 7) is 0.564. The van der Waals surface area contributed by atoms with Crippen molar-refractivity contribution >= 4 is 40.6 Å². The fourth-order valence-corrected chi connectivity index (χ4v) is 2.51. The maximum atomic E-state index is 7.53. The van der Waals surface area contributed by atoms with Gasteiger partial charge in [0.05, 0.1) is 12.8 Å². The Hall–Kier alpha value is -3.33. The molecule has 0 aliphatic rings. The summed E-state index contributed by atoms with van der Waals surface area (Å²) in [4.78, 5) is 8.37. The van der Waals surface area contributed by atoms with Gasteiger partial charge in [-0.15, -0.1) is 0 Å². The van der Waals surface area contributed by atoms with E-state index in [1.54, 1.807) is 13.3 Å². The standard InChI is InChI=1S/C16H17ClN8O/c1-26-11-4-2-3-9(5-11)7-20-8-10(6-18)21-16-22-14(19)12-13(17)24-25-15(12)23-16/h2-6,8,18,20H,7H2,1H3,(H4,19,21,22,23,24,25)/b10-8+,18-6?. The van der Waals surface area contributed by atoms with Crippen LogP contribution in [0.4, 0.5) is 11.8 Å². The number of allylic oxidation sites excluding steroid dienone is 1. The third-order valence-corrected chi connectivity index (χ3v) is 3.79. The number of methoxy groups -OCH3 is 1. The van der Waals surface area contributed by atoms with E-state index in [1.165, 1.54) is 0 Å². The highest BCUT2D eigenvalue weighted by Crippen LogP contribution is 2.24. The SMILES string of the molecule is COc1cccc(CN/C=C(\C=N)Nc2nc(N)c3c(Cl)n[nH]c3n2)c1. The Bertz CT molecular complexity index is 968. The van der Waals surface area contributed by atoms with Crippen molar-refractivity contribution in [1.29, 1.82) is 5.41 Å². The number of fused-ring (bicyclic) bond motifs is 1. The number of rotatable bonds is 7. The molecule has 2 heterocycles. The number of hydrogen-bond acceptors (Lipinski definition) is 8. The molecule has 0 saturated heterocycles. The molecule has 0 spiro atoms. The first-order valence-corrected chi connectivity index (χ1v) is 7.99. The van der Waals surface area contributed by atoms with Gasteiger partial charge in [0.25, 0.3) is 0 Å². The quantitative estimate of drug-likeness (QED) is 0.401. The Morgan fingerprint density at radius 3 is 3.04 bits per heavy atom. The first-order valence-electron chi connectivity index (χ1n) is 7.61. The molecule has 1 aromatic carbocycles. The Morgan fingerprint density at radius 2 is 2.27 bits per heavy atom. The predicted molar refractivity (Wildman–Crippen MR) is 101 cm³/mol. The van der Waals surface area contributed by atoms with Gasteiger partial charge in [0.1, 0.15) is 17.0 Å². The van der Waals surface area contributed by atoms with E-state index < -0.39 is 0 Å². The number of aromatic amines is 1. The van der Waals surface area contributed by atoms with Crippen molar-refractivity contribution in [2.45, 2.75) is 6.54 Å².